The Bertz CT molecular complexity index is 285. The van der Waals surface area contributed by atoms with Gasteiger partial charge < -0.3 is 11.5 Å². The summed E-state index contributed by atoms with van der Waals surface area (Å²) in [7, 11) is 0. The monoisotopic (exact) mass is 208 g/mol. The second-order valence-corrected chi connectivity index (χ2v) is 3.36. The van der Waals surface area contributed by atoms with Crippen molar-refractivity contribution < 1.29 is 9.59 Å². The number of halogens is 2. The molecule has 6 heteroatoms. The second kappa shape index (κ2) is 2.81. The highest BCUT2D eigenvalue weighted by molar-refractivity contribution is 6.50. The van der Waals surface area contributed by atoms with E-state index >= 15 is 0 Å². The highest BCUT2D eigenvalue weighted by Crippen LogP contribution is 2.23. The molecule has 4 N–H and O–H groups in total. The number of hydrogen-bond donors (Lipinski definition) is 2. The number of hydrogen-bond acceptors (Lipinski definition) is 4. The van der Waals surface area contributed by atoms with E-state index in [0.29, 0.717) is 0 Å². The van der Waals surface area contributed by atoms with Crippen LogP contribution in [0, 0.1) is 0 Å². The third kappa shape index (κ3) is 1.27. The summed E-state index contributed by atoms with van der Waals surface area (Å²) in [5.41, 5.74) is 8.71. The Morgan fingerprint density at radius 3 is 2.42 bits per heavy atom. The van der Waals surface area contributed by atoms with Crippen LogP contribution in [0.3, 0.4) is 0 Å². The molecule has 0 saturated carbocycles. The first-order valence-electron chi connectivity index (χ1n) is 3.05. The number of carbonyl (C=O) groups excluding carboxylic acids is 2. The van der Waals surface area contributed by atoms with Crippen molar-refractivity contribution in [1.29, 1.82) is 0 Å². The van der Waals surface area contributed by atoms with E-state index in [1.807, 2.05) is 0 Å². The summed E-state index contributed by atoms with van der Waals surface area (Å²) in [6.07, 6.45) is 0.930. The van der Waals surface area contributed by atoms with Crippen LogP contribution in [0.1, 0.15) is 0 Å². The lowest BCUT2D eigenvalue weighted by molar-refractivity contribution is -0.125. The van der Waals surface area contributed by atoms with Gasteiger partial charge in [0.05, 0.1) is 5.03 Å². The summed E-state index contributed by atoms with van der Waals surface area (Å²) in [4.78, 5) is 22.1. The van der Waals surface area contributed by atoms with Crippen LogP contribution in [-0.4, -0.2) is 22.6 Å². The predicted octanol–water partition coefficient (Wildman–Crippen LogP) is -0.518. The lowest BCUT2D eigenvalue weighted by atomic mass is 9.93. The average Bonchev–Trinajstić information content (AvgIpc) is 1.99. The van der Waals surface area contributed by atoms with E-state index in [0.717, 1.165) is 6.08 Å². The highest BCUT2D eigenvalue weighted by atomic mass is 35.5. The first kappa shape index (κ1) is 9.67. The molecule has 4 nitrogen and oxygen atoms in total. The zero-order valence-corrected chi connectivity index (χ0v) is 7.39. The zero-order chi connectivity index (χ0) is 9.52. The van der Waals surface area contributed by atoms with Gasteiger partial charge in [0.25, 0.3) is 0 Å². The first-order valence-corrected chi connectivity index (χ1v) is 3.86. The summed E-state index contributed by atoms with van der Waals surface area (Å²) in [6, 6.07) is 0. The second-order valence-electron chi connectivity index (χ2n) is 2.52. The van der Waals surface area contributed by atoms with Gasteiger partial charge in [0, 0.05) is 6.08 Å². The molecule has 0 heterocycles. The van der Waals surface area contributed by atoms with Gasteiger partial charge >= 0.3 is 0 Å². The molecular formula is C6H6Cl2N2O2. The summed E-state index contributed by atoms with van der Waals surface area (Å²) >= 11 is 10.9. The van der Waals surface area contributed by atoms with Crippen molar-refractivity contribution in [2.75, 3.05) is 0 Å². The third-order valence-corrected chi connectivity index (χ3v) is 2.41. The van der Waals surface area contributed by atoms with Crippen molar-refractivity contribution >= 4 is 34.8 Å². The fourth-order valence-corrected chi connectivity index (χ4v) is 1.25. The number of nitrogens with two attached hydrogens (primary N) is 2. The topological polar surface area (TPSA) is 86.2 Å². The molecular weight excluding hydrogens is 203 g/mol. The molecule has 1 unspecified atom stereocenters. The van der Waals surface area contributed by atoms with Crippen LogP contribution in [0.25, 0.3) is 0 Å². The molecule has 0 radical (unpaired) electrons. The minimum atomic E-state index is -1.88. The summed E-state index contributed by atoms with van der Waals surface area (Å²) < 4.78 is 0. The lowest BCUT2D eigenvalue weighted by Crippen LogP contribution is -2.66. The Morgan fingerprint density at radius 1 is 1.42 bits per heavy atom. The minimum Gasteiger partial charge on any atom is -0.305 e. The van der Waals surface area contributed by atoms with Crippen molar-refractivity contribution in [2.24, 2.45) is 11.5 Å². The molecule has 0 amide bonds. The van der Waals surface area contributed by atoms with Crippen LogP contribution in [0.4, 0.5) is 0 Å². The van der Waals surface area contributed by atoms with E-state index < -0.39 is 22.6 Å². The van der Waals surface area contributed by atoms with Gasteiger partial charge in [0.15, 0.2) is 11.4 Å². The third-order valence-electron chi connectivity index (χ3n) is 1.55. The van der Waals surface area contributed by atoms with Crippen LogP contribution in [0.5, 0.6) is 0 Å². The molecule has 0 spiro atoms. The quantitative estimate of drug-likeness (QED) is 0.415. The smallest absolute Gasteiger partial charge is 0.210 e. The Labute approximate surface area is 78.5 Å². The normalized spacial score (nSPS) is 28.7. The Kier molecular flexibility index (Phi) is 2.27. The number of allylic oxidation sites excluding steroid dienone is 1. The fraction of sp³-hybridized carbons (Fsp3) is 0.333. The summed E-state index contributed by atoms with van der Waals surface area (Å²) in [5, 5.41) is -1.52. The van der Waals surface area contributed by atoms with Crippen molar-refractivity contribution in [2.45, 2.75) is 11.0 Å². The van der Waals surface area contributed by atoms with E-state index in [2.05, 4.69) is 0 Å². The van der Waals surface area contributed by atoms with Gasteiger partial charge in [-0.1, -0.05) is 11.6 Å². The number of ketones is 2. The number of Topliss-reactive ketones (excluding diaryl/α,β-unsaturated/α-hetero) is 1. The molecule has 0 saturated heterocycles. The van der Waals surface area contributed by atoms with Crippen molar-refractivity contribution in [3.63, 3.8) is 0 Å². The number of alkyl halides is 1. The predicted molar refractivity (Wildman–Crippen MR) is 44.7 cm³/mol. The van der Waals surface area contributed by atoms with Gasteiger partial charge in [-0.15, -0.1) is 11.6 Å². The molecule has 0 fully saturated rings. The van der Waals surface area contributed by atoms with E-state index in [-0.39, 0.29) is 5.03 Å². The molecule has 1 rings (SSSR count). The van der Waals surface area contributed by atoms with Crippen molar-refractivity contribution in [1.82, 2.24) is 0 Å². The van der Waals surface area contributed by atoms with Gasteiger partial charge in [0.1, 0.15) is 5.38 Å². The SMILES string of the molecule is NC1(N)C(=O)C(Cl)=CC(=O)C1Cl. The Hall–Kier alpha value is -0.420. The van der Waals surface area contributed by atoms with Crippen LogP contribution < -0.4 is 11.5 Å². The molecule has 0 bridgehead atoms. The number of rotatable bonds is 0. The van der Waals surface area contributed by atoms with E-state index in [1.165, 1.54) is 0 Å². The van der Waals surface area contributed by atoms with Gasteiger partial charge in [-0.2, -0.15) is 0 Å². The Morgan fingerprint density at radius 2 is 1.92 bits per heavy atom. The van der Waals surface area contributed by atoms with Crippen molar-refractivity contribution in [3.8, 4) is 0 Å². The highest BCUT2D eigenvalue weighted by Gasteiger charge is 2.45. The molecule has 1 atom stereocenters. The van der Waals surface area contributed by atoms with Gasteiger partial charge in [-0.3, -0.25) is 9.59 Å². The van der Waals surface area contributed by atoms with Crippen LogP contribution in [-0.2, 0) is 9.59 Å². The van der Waals surface area contributed by atoms with E-state index in [1.54, 1.807) is 0 Å². The van der Waals surface area contributed by atoms with Gasteiger partial charge in [0.2, 0.25) is 5.78 Å². The molecule has 1 aliphatic rings. The number of carbonyl (C=O) groups is 2. The first-order chi connectivity index (χ1) is 5.37. The molecule has 0 aromatic rings. The maximum atomic E-state index is 11.1. The minimum absolute atomic E-state index is 0.276. The summed E-state index contributed by atoms with van der Waals surface area (Å²) in [5.74, 6) is -1.27. The van der Waals surface area contributed by atoms with E-state index in [4.69, 9.17) is 34.7 Å². The molecule has 0 aromatic carbocycles. The maximum Gasteiger partial charge on any atom is 0.210 e. The molecule has 0 aliphatic heterocycles. The van der Waals surface area contributed by atoms with Crippen LogP contribution in [0.2, 0.25) is 0 Å². The van der Waals surface area contributed by atoms with Crippen LogP contribution in [0.15, 0.2) is 11.1 Å². The summed E-state index contributed by atoms with van der Waals surface area (Å²) in [6.45, 7) is 0. The largest absolute Gasteiger partial charge is 0.305 e. The molecule has 1 aliphatic carbocycles. The zero-order valence-electron chi connectivity index (χ0n) is 5.88. The maximum absolute atomic E-state index is 11.1. The molecule has 0 aromatic heterocycles. The fourth-order valence-electron chi connectivity index (χ4n) is 0.821. The molecule has 12 heavy (non-hydrogen) atoms. The van der Waals surface area contributed by atoms with E-state index in [9.17, 15) is 9.59 Å². The average molecular weight is 209 g/mol. The Balaban J connectivity index is 3.18. The molecule has 66 valence electrons. The standard InChI is InChI=1S/C6H6Cl2N2O2/c7-2-1-3(11)4(8)6(9,10)5(2)12/h1,4H,9-10H2. The lowest BCUT2D eigenvalue weighted by Gasteiger charge is -2.29. The van der Waals surface area contributed by atoms with Gasteiger partial charge in [-0.05, 0) is 0 Å². The van der Waals surface area contributed by atoms with Crippen LogP contribution >= 0.6 is 23.2 Å². The van der Waals surface area contributed by atoms with Gasteiger partial charge in [-0.25, -0.2) is 0 Å². The van der Waals surface area contributed by atoms with Crippen molar-refractivity contribution in [3.05, 3.63) is 11.1 Å².